The quantitative estimate of drug-likeness (QED) is 0.454. The number of para-hydroxylation sites is 2. The number of amides is 1. The second-order valence-corrected chi connectivity index (χ2v) is 6.57. The molecule has 4 nitrogen and oxygen atoms in total. The monoisotopic (exact) mass is 386 g/mol. The van der Waals surface area contributed by atoms with Crippen LogP contribution in [0.1, 0.15) is 36.1 Å². The van der Waals surface area contributed by atoms with Crippen LogP contribution in [0.3, 0.4) is 0 Å². The average molecular weight is 386 g/mol. The molecular formula is C25H26N2O2. The summed E-state index contributed by atoms with van der Waals surface area (Å²) in [7, 11) is 0. The molecule has 1 amide bonds. The van der Waals surface area contributed by atoms with Crippen molar-refractivity contribution in [2.75, 3.05) is 4.90 Å². The van der Waals surface area contributed by atoms with Gasteiger partial charge in [0.25, 0.3) is 0 Å². The fraction of sp³-hybridized carbons (Fsp3) is 0.160. The molecule has 4 heteroatoms. The van der Waals surface area contributed by atoms with E-state index in [0.29, 0.717) is 0 Å². The highest BCUT2D eigenvalue weighted by molar-refractivity contribution is 5.88. The Balaban J connectivity index is 0.00000117. The van der Waals surface area contributed by atoms with Crippen molar-refractivity contribution in [3.05, 3.63) is 95.1 Å². The van der Waals surface area contributed by atoms with E-state index in [1.807, 2.05) is 38.1 Å². The molecule has 1 heterocycles. The summed E-state index contributed by atoms with van der Waals surface area (Å²) >= 11 is 0. The Morgan fingerprint density at radius 3 is 1.79 bits per heavy atom. The van der Waals surface area contributed by atoms with E-state index in [0.717, 1.165) is 17.7 Å². The average Bonchev–Trinajstić information content (AvgIpc) is 2.94. The summed E-state index contributed by atoms with van der Waals surface area (Å²) in [4.78, 5) is 13.6. The molecule has 3 aromatic rings. The lowest BCUT2D eigenvalue weighted by atomic mass is 10.1. The van der Waals surface area contributed by atoms with Crippen LogP contribution < -0.4 is 10.4 Å². The van der Waals surface area contributed by atoms with E-state index in [2.05, 4.69) is 65.6 Å². The smallest absolute Gasteiger partial charge is 0.247 e. The summed E-state index contributed by atoms with van der Waals surface area (Å²) in [5, 5.41) is 8.67. The first-order valence-corrected chi connectivity index (χ1v) is 9.89. The summed E-state index contributed by atoms with van der Waals surface area (Å²) in [6.07, 6.45) is 4.48. The number of benzene rings is 3. The van der Waals surface area contributed by atoms with Gasteiger partial charge < -0.3 is 4.90 Å². The van der Waals surface area contributed by atoms with Gasteiger partial charge in [-0.15, -0.1) is 0 Å². The van der Waals surface area contributed by atoms with Gasteiger partial charge in [-0.05, 0) is 34.4 Å². The number of fused-ring (bicyclic) bond motifs is 2. The summed E-state index contributed by atoms with van der Waals surface area (Å²) in [6, 6.07) is 24.7. The number of hydrogen-bond acceptors (Lipinski definition) is 3. The molecule has 3 aromatic carbocycles. The highest BCUT2D eigenvalue weighted by Crippen LogP contribution is 2.37. The highest BCUT2D eigenvalue weighted by atomic mass is 16.5. The minimum atomic E-state index is -0.413. The standard InChI is InChI=1S/C23H20N2O2.C2H6/c26-23(24-27)15-17-9-11-18(12-10-17)16-25-21-7-3-1-5-19(21)13-14-20-6-2-4-8-22(20)25;1-2/h1-14,27H,15-16H2,(H,24,26);1-2H3. The third-order valence-corrected chi connectivity index (χ3v) is 4.75. The zero-order valence-corrected chi connectivity index (χ0v) is 16.8. The first-order valence-electron chi connectivity index (χ1n) is 9.89. The van der Waals surface area contributed by atoms with Gasteiger partial charge in [0, 0.05) is 17.9 Å². The largest absolute Gasteiger partial charge is 0.336 e. The normalized spacial score (nSPS) is 11.5. The van der Waals surface area contributed by atoms with Gasteiger partial charge in [-0.1, -0.05) is 86.7 Å². The minimum absolute atomic E-state index is 0.163. The molecule has 0 aromatic heterocycles. The predicted octanol–water partition coefficient (Wildman–Crippen LogP) is 5.58. The molecule has 2 N–H and O–H groups in total. The second kappa shape index (κ2) is 9.71. The van der Waals surface area contributed by atoms with E-state index >= 15 is 0 Å². The number of hydrogen-bond donors (Lipinski definition) is 2. The van der Waals surface area contributed by atoms with Crippen molar-refractivity contribution in [3.8, 4) is 0 Å². The Morgan fingerprint density at radius 2 is 1.28 bits per heavy atom. The molecule has 0 saturated carbocycles. The van der Waals surface area contributed by atoms with Crippen molar-refractivity contribution in [2.45, 2.75) is 26.8 Å². The Labute approximate surface area is 172 Å². The molecule has 4 rings (SSSR count). The fourth-order valence-corrected chi connectivity index (χ4v) is 3.40. The van der Waals surface area contributed by atoms with Crippen LogP contribution in [0.4, 0.5) is 11.4 Å². The third kappa shape index (κ3) is 4.73. The van der Waals surface area contributed by atoms with Crippen molar-refractivity contribution >= 4 is 29.4 Å². The molecule has 0 saturated heterocycles. The van der Waals surface area contributed by atoms with Crippen LogP contribution in [0, 0.1) is 0 Å². The van der Waals surface area contributed by atoms with E-state index in [9.17, 15) is 4.79 Å². The lowest BCUT2D eigenvalue weighted by molar-refractivity contribution is -0.128. The molecule has 0 spiro atoms. The zero-order valence-electron chi connectivity index (χ0n) is 16.8. The number of nitrogens with one attached hydrogen (secondary N) is 1. The van der Waals surface area contributed by atoms with Crippen LogP contribution in [-0.2, 0) is 17.8 Å². The Bertz CT molecular complexity index is 944. The van der Waals surface area contributed by atoms with Gasteiger partial charge >= 0.3 is 0 Å². The van der Waals surface area contributed by atoms with Gasteiger partial charge in [0.2, 0.25) is 5.91 Å². The molecule has 1 aliphatic heterocycles. The summed E-state index contributed by atoms with van der Waals surface area (Å²) in [5.74, 6) is -0.413. The van der Waals surface area contributed by atoms with Crippen molar-refractivity contribution in [3.63, 3.8) is 0 Å². The molecule has 0 radical (unpaired) electrons. The van der Waals surface area contributed by atoms with Gasteiger partial charge in [-0.2, -0.15) is 0 Å². The number of anilines is 2. The number of carbonyl (C=O) groups excluding carboxylic acids is 1. The second-order valence-electron chi connectivity index (χ2n) is 6.57. The van der Waals surface area contributed by atoms with Crippen molar-refractivity contribution in [1.29, 1.82) is 0 Å². The topological polar surface area (TPSA) is 52.6 Å². The summed E-state index contributed by atoms with van der Waals surface area (Å²) in [6.45, 7) is 4.72. The lowest BCUT2D eigenvalue weighted by Crippen LogP contribution is -2.20. The van der Waals surface area contributed by atoms with E-state index in [4.69, 9.17) is 5.21 Å². The molecule has 148 valence electrons. The number of nitrogens with zero attached hydrogens (tertiary/aromatic N) is 1. The van der Waals surface area contributed by atoms with Crippen LogP contribution in [0.2, 0.25) is 0 Å². The Kier molecular flexibility index (Phi) is 6.82. The van der Waals surface area contributed by atoms with Crippen molar-refractivity contribution in [2.24, 2.45) is 0 Å². The number of hydroxylamine groups is 1. The van der Waals surface area contributed by atoms with E-state index in [-0.39, 0.29) is 6.42 Å². The maximum Gasteiger partial charge on any atom is 0.247 e. The predicted molar refractivity (Wildman–Crippen MR) is 119 cm³/mol. The van der Waals surface area contributed by atoms with Crippen LogP contribution in [-0.4, -0.2) is 11.1 Å². The summed E-state index contributed by atoms with van der Waals surface area (Å²) in [5.41, 5.74) is 8.39. The van der Waals surface area contributed by atoms with E-state index in [1.165, 1.54) is 22.5 Å². The van der Waals surface area contributed by atoms with Gasteiger partial charge in [0.1, 0.15) is 0 Å². The number of rotatable bonds is 4. The van der Waals surface area contributed by atoms with Gasteiger partial charge in [-0.25, -0.2) is 5.48 Å². The molecule has 0 unspecified atom stereocenters. The van der Waals surface area contributed by atoms with Crippen molar-refractivity contribution < 1.29 is 10.0 Å². The SMILES string of the molecule is CC.O=C(Cc1ccc(CN2c3ccccc3C=Cc3ccccc32)cc1)NO. The maximum atomic E-state index is 11.3. The van der Waals surface area contributed by atoms with E-state index < -0.39 is 5.91 Å². The zero-order chi connectivity index (χ0) is 20.6. The van der Waals surface area contributed by atoms with Crippen molar-refractivity contribution in [1.82, 2.24) is 5.48 Å². The molecule has 0 bridgehead atoms. The first kappa shape index (κ1) is 20.4. The van der Waals surface area contributed by atoms with Crippen LogP contribution in [0.5, 0.6) is 0 Å². The molecule has 0 aliphatic carbocycles. The molecule has 0 fully saturated rings. The third-order valence-electron chi connectivity index (χ3n) is 4.75. The van der Waals surface area contributed by atoms with Crippen LogP contribution in [0.25, 0.3) is 12.2 Å². The Hall–Kier alpha value is -3.37. The maximum absolute atomic E-state index is 11.3. The van der Waals surface area contributed by atoms with Gasteiger partial charge in [0.05, 0.1) is 6.42 Å². The molecule has 1 aliphatic rings. The lowest BCUT2D eigenvalue weighted by Gasteiger charge is -2.27. The van der Waals surface area contributed by atoms with E-state index in [1.54, 1.807) is 5.48 Å². The Morgan fingerprint density at radius 1 is 0.793 bits per heavy atom. The highest BCUT2D eigenvalue weighted by Gasteiger charge is 2.17. The number of carbonyl (C=O) groups is 1. The van der Waals surface area contributed by atoms with Crippen LogP contribution in [0.15, 0.2) is 72.8 Å². The minimum Gasteiger partial charge on any atom is -0.336 e. The summed E-state index contributed by atoms with van der Waals surface area (Å²) < 4.78 is 0. The van der Waals surface area contributed by atoms with Gasteiger partial charge in [-0.3, -0.25) is 10.0 Å². The first-order chi connectivity index (χ1) is 14.2. The molecular weight excluding hydrogens is 360 g/mol. The molecule has 29 heavy (non-hydrogen) atoms. The van der Waals surface area contributed by atoms with Crippen LogP contribution >= 0.6 is 0 Å². The fourth-order valence-electron chi connectivity index (χ4n) is 3.40. The van der Waals surface area contributed by atoms with Gasteiger partial charge in [0.15, 0.2) is 0 Å². The molecule has 0 atom stereocenters.